The molecule has 0 N–H and O–H groups in total. The molecule has 5 nitrogen and oxygen atoms in total. The van der Waals surface area contributed by atoms with Gasteiger partial charge in [-0.1, -0.05) is 30.7 Å². The number of halogens is 1. The minimum absolute atomic E-state index is 0.0125. The molecule has 0 aromatic heterocycles. The fourth-order valence-electron chi connectivity index (χ4n) is 3.69. The second kappa shape index (κ2) is 12.0. The summed E-state index contributed by atoms with van der Waals surface area (Å²) in [6.45, 7) is 9.21. The van der Waals surface area contributed by atoms with Gasteiger partial charge in [-0.15, -0.1) is 0 Å². The summed E-state index contributed by atoms with van der Waals surface area (Å²) >= 11 is 6.02. The fourth-order valence-corrected chi connectivity index (χ4v) is 3.81. The number of hydrogen-bond acceptors (Lipinski definition) is 4. The molecule has 3 rings (SSSR count). The first kappa shape index (κ1) is 23.4. The maximum absolute atomic E-state index is 13.0. The Morgan fingerprint density at radius 2 is 1.65 bits per heavy atom. The minimum atomic E-state index is -0.0192. The summed E-state index contributed by atoms with van der Waals surface area (Å²) in [4.78, 5) is 17.4. The average molecular weight is 445 g/mol. The Kier molecular flexibility index (Phi) is 9.04. The maximum atomic E-state index is 13.0. The van der Waals surface area contributed by atoms with Gasteiger partial charge in [-0.3, -0.25) is 4.79 Å². The number of rotatable bonds is 10. The third-order valence-electron chi connectivity index (χ3n) is 5.70. The molecule has 1 aliphatic heterocycles. The number of carbonyl (C=O) groups excluding carboxylic acids is 1. The summed E-state index contributed by atoms with van der Waals surface area (Å²) in [5, 5.41) is 0.697. The van der Waals surface area contributed by atoms with Gasteiger partial charge in [0.05, 0.1) is 6.61 Å². The molecule has 0 spiro atoms. The lowest BCUT2D eigenvalue weighted by Gasteiger charge is -2.32. The smallest absolute Gasteiger partial charge is 0.260 e. The summed E-state index contributed by atoms with van der Waals surface area (Å²) < 4.78 is 11.2. The first-order valence-electron chi connectivity index (χ1n) is 11.1. The van der Waals surface area contributed by atoms with Crippen molar-refractivity contribution >= 4 is 17.5 Å². The van der Waals surface area contributed by atoms with E-state index in [1.807, 2.05) is 60.4 Å². The quantitative estimate of drug-likeness (QED) is 0.523. The number of hydrogen-bond donors (Lipinski definition) is 0. The van der Waals surface area contributed by atoms with E-state index in [9.17, 15) is 4.79 Å². The van der Waals surface area contributed by atoms with Crippen LogP contribution in [0.5, 0.6) is 11.5 Å². The van der Waals surface area contributed by atoms with Gasteiger partial charge in [-0.2, -0.15) is 0 Å². The van der Waals surface area contributed by atoms with Crippen molar-refractivity contribution in [3.63, 3.8) is 0 Å². The van der Waals surface area contributed by atoms with Crippen LogP contribution in [0.1, 0.15) is 32.3 Å². The van der Waals surface area contributed by atoms with Crippen molar-refractivity contribution < 1.29 is 14.3 Å². The Labute approximate surface area is 190 Å². The second-order valence-corrected chi connectivity index (χ2v) is 8.60. The van der Waals surface area contributed by atoms with Crippen molar-refractivity contribution in [1.29, 1.82) is 0 Å². The number of nitrogens with zero attached hydrogens (tertiary/aromatic N) is 2. The van der Waals surface area contributed by atoms with E-state index >= 15 is 0 Å². The minimum Gasteiger partial charge on any atom is -0.494 e. The van der Waals surface area contributed by atoms with Crippen molar-refractivity contribution in [3.05, 3.63) is 59.1 Å². The molecule has 0 aliphatic carbocycles. The molecule has 0 atom stereocenters. The molecule has 1 aliphatic rings. The largest absolute Gasteiger partial charge is 0.494 e. The number of piperidine rings is 1. The van der Waals surface area contributed by atoms with E-state index in [4.69, 9.17) is 21.1 Å². The zero-order valence-electron chi connectivity index (χ0n) is 18.6. The lowest BCUT2D eigenvalue weighted by atomic mass is 9.99. The van der Waals surface area contributed by atoms with Crippen LogP contribution in [0, 0.1) is 5.92 Å². The van der Waals surface area contributed by atoms with E-state index in [2.05, 4.69) is 11.8 Å². The lowest BCUT2D eigenvalue weighted by Crippen LogP contribution is -2.42. The van der Waals surface area contributed by atoms with Crippen LogP contribution in [0.25, 0.3) is 0 Å². The van der Waals surface area contributed by atoms with Crippen molar-refractivity contribution in [2.45, 2.75) is 33.2 Å². The van der Waals surface area contributed by atoms with Crippen molar-refractivity contribution in [2.75, 3.05) is 39.4 Å². The summed E-state index contributed by atoms with van der Waals surface area (Å²) in [5.41, 5.74) is 1.06. The van der Waals surface area contributed by atoms with Crippen LogP contribution >= 0.6 is 11.6 Å². The molecule has 2 aromatic carbocycles. The Hall–Kier alpha value is -2.24. The van der Waals surface area contributed by atoms with E-state index in [0.717, 1.165) is 36.9 Å². The zero-order valence-corrected chi connectivity index (χ0v) is 19.3. The molecule has 0 unspecified atom stereocenters. The van der Waals surface area contributed by atoms with Crippen LogP contribution in [-0.4, -0.2) is 55.1 Å². The SMILES string of the molecule is CCOc1ccc(OCC(=O)N(CCN2CCC(C)CC2)Cc2ccc(Cl)cc2)cc1. The average Bonchev–Trinajstić information content (AvgIpc) is 2.78. The van der Waals surface area contributed by atoms with Gasteiger partial charge in [0.15, 0.2) is 6.61 Å². The maximum Gasteiger partial charge on any atom is 0.260 e. The molecular formula is C25H33ClN2O3. The number of amides is 1. The van der Waals surface area contributed by atoms with Crippen LogP contribution in [0.2, 0.25) is 5.02 Å². The highest BCUT2D eigenvalue weighted by atomic mass is 35.5. The van der Waals surface area contributed by atoms with E-state index in [1.165, 1.54) is 12.8 Å². The van der Waals surface area contributed by atoms with Gasteiger partial charge in [-0.05, 0) is 80.7 Å². The number of carbonyl (C=O) groups is 1. The predicted octanol–water partition coefficient (Wildman–Crippen LogP) is 4.88. The van der Waals surface area contributed by atoms with Gasteiger partial charge < -0.3 is 19.3 Å². The van der Waals surface area contributed by atoms with E-state index in [1.54, 1.807) is 0 Å². The molecule has 0 bridgehead atoms. The van der Waals surface area contributed by atoms with Gasteiger partial charge >= 0.3 is 0 Å². The van der Waals surface area contributed by atoms with Crippen LogP contribution in [-0.2, 0) is 11.3 Å². The molecule has 1 amide bonds. The first-order valence-corrected chi connectivity index (χ1v) is 11.5. The van der Waals surface area contributed by atoms with Crippen LogP contribution in [0.4, 0.5) is 0 Å². The molecule has 1 saturated heterocycles. The highest BCUT2D eigenvalue weighted by molar-refractivity contribution is 6.30. The molecule has 0 radical (unpaired) electrons. The predicted molar refractivity (Wildman–Crippen MR) is 125 cm³/mol. The summed E-state index contributed by atoms with van der Waals surface area (Å²) in [5.74, 6) is 2.23. The fraction of sp³-hybridized carbons (Fsp3) is 0.480. The van der Waals surface area contributed by atoms with Crippen LogP contribution < -0.4 is 9.47 Å². The topological polar surface area (TPSA) is 42.0 Å². The lowest BCUT2D eigenvalue weighted by molar-refractivity contribution is -0.134. The molecule has 31 heavy (non-hydrogen) atoms. The van der Waals surface area contributed by atoms with Crippen molar-refractivity contribution in [2.24, 2.45) is 5.92 Å². The molecule has 168 valence electrons. The molecule has 2 aromatic rings. The number of ether oxygens (including phenoxy) is 2. The Balaban J connectivity index is 1.58. The highest BCUT2D eigenvalue weighted by Gasteiger charge is 2.19. The Morgan fingerprint density at radius 3 is 2.26 bits per heavy atom. The van der Waals surface area contributed by atoms with Crippen molar-refractivity contribution in [3.8, 4) is 11.5 Å². The van der Waals surface area contributed by atoms with E-state index < -0.39 is 0 Å². The zero-order chi connectivity index (χ0) is 22.1. The van der Waals surface area contributed by atoms with Gasteiger partial charge in [0, 0.05) is 24.7 Å². The van der Waals surface area contributed by atoms with Gasteiger partial charge in [-0.25, -0.2) is 0 Å². The molecule has 6 heteroatoms. The van der Waals surface area contributed by atoms with Gasteiger partial charge in [0.1, 0.15) is 11.5 Å². The number of likely N-dealkylation sites (tertiary alicyclic amines) is 1. The van der Waals surface area contributed by atoms with Crippen LogP contribution in [0.15, 0.2) is 48.5 Å². The number of benzene rings is 2. The highest BCUT2D eigenvalue weighted by Crippen LogP contribution is 2.19. The summed E-state index contributed by atoms with van der Waals surface area (Å²) in [6.07, 6.45) is 2.46. The summed E-state index contributed by atoms with van der Waals surface area (Å²) in [6, 6.07) is 15.0. The standard InChI is InChI=1S/C25H33ClN2O3/c1-3-30-23-8-10-24(11-9-23)31-19-25(29)28(18-21-4-6-22(26)7-5-21)17-16-27-14-12-20(2)13-15-27/h4-11,20H,3,12-19H2,1-2H3. The van der Waals surface area contributed by atoms with Gasteiger partial charge in [0.25, 0.3) is 5.91 Å². The molecule has 1 fully saturated rings. The molecule has 1 heterocycles. The van der Waals surface area contributed by atoms with E-state index in [0.29, 0.717) is 30.5 Å². The monoisotopic (exact) mass is 444 g/mol. The van der Waals surface area contributed by atoms with Crippen LogP contribution in [0.3, 0.4) is 0 Å². The molecular weight excluding hydrogens is 412 g/mol. The van der Waals surface area contributed by atoms with E-state index in [-0.39, 0.29) is 12.5 Å². The van der Waals surface area contributed by atoms with Crippen molar-refractivity contribution in [1.82, 2.24) is 9.80 Å². The second-order valence-electron chi connectivity index (χ2n) is 8.16. The van der Waals surface area contributed by atoms with Gasteiger partial charge in [0.2, 0.25) is 0 Å². The Bertz CT molecular complexity index is 803. The third-order valence-corrected chi connectivity index (χ3v) is 5.95. The first-order chi connectivity index (χ1) is 15.0. The third kappa shape index (κ3) is 7.75. The Morgan fingerprint density at radius 1 is 1.03 bits per heavy atom. The summed E-state index contributed by atoms with van der Waals surface area (Å²) in [7, 11) is 0. The molecule has 0 saturated carbocycles. The normalized spacial score (nSPS) is 14.9.